The van der Waals surface area contributed by atoms with Crippen molar-refractivity contribution in [3.63, 3.8) is 0 Å². The number of rotatable bonds is 10. The maximum atomic E-state index is 13.3. The minimum Gasteiger partial charge on any atom is -0.480 e. The van der Waals surface area contributed by atoms with Crippen LogP contribution in [-0.2, 0) is 4.79 Å². The lowest BCUT2D eigenvalue weighted by molar-refractivity contribution is -0.139. The summed E-state index contributed by atoms with van der Waals surface area (Å²) >= 11 is 1.56. The van der Waals surface area contributed by atoms with Crippen molar-refractivity contribution in [3.05, 3.63) is 119 Å². The molecule has 0 saturated carbocycles. The number of hydrogen-bond acceptors (Lipinski definition) is 3. The molecule has 0 aromatic heterocycles. The molecular formula is C33H31NO3S. The first kappa shape index (κ1) is 27.0. The zero-order valence-corrected chi connectivity index (χ0v) is 22.4. The maximum absolute atomic E-state index is 13.3. The lowest BCUT2D eigenvalue weighted by Gasteiger charge is -2.17. The average Bonchev–Trinajstić information content (AvgIpc) is 2.94. The van der Waals surface area contributed by atoms with E-state index in [9.17, 15) is 14.7 Å². The summed E-state index contributed by atoms with van der Waals surface area (Å²) in [6, 6.07) is 31.2. The minimum absolute atomic E-state index is 0.365. The maximum Gasteiger partial charge on any atom is 0.326 e. The molecule has 0 aliphatic heterocycles. The Morgan fingerprint density at radius 1 is 0.842 bits per heavy atom. The largest absolute Gasteiger partial charge is 0.480 e. The van der Waals surface area contributed by atoms with Gasteiger partial charge in [-0.25, -0.2) is 4.79 Å². The molecule has 0 spiro atoms. The Balaban J connectivity index is 1.71. The van der Waals surface area contributed by atoms with Crippen LogP contribution in [0.15, 0.2) is 97.1 Å². The fourth-order valence-electron chi connectivity index (χ4n) is 4.40. The first-order chi connectivity index (χ1) is 18.5. The molecule has 1 unspecified atom stereocenters. The van der Waals surface area contributed by atoms with Crippen molar-refractivity contribution in [2.45, 2.75) is 19.4 Å². The summed E-state index contributed by atoms with van der Waals surface area (Å²) in [7, 11) is 0. The van der Waals surface area contributed by atoms with Gasteiger partial charge in [-0.2, -0.15) is 11.8 Å². The molecule has 0 fully saturated rings. The van der Waals surface area contributed by atoms with Crippen LogP contribution in [0.25, 0.3) is 34.4 Å². The van der Waals surface area contributed by atoms with E-state index >= 15 is 0 Å². The van der Waals surface area contributed by atoms with Gasteiger partial charge in [0, 0.05) is 5.56 Å². The van der Waals surface area contributed by atoms with E-state index in [1.807, 2.05) is 86.0 Å². The fraction of sp³-hybridized carbons (Fsp3) is 0.152. The summed E-state index contributed by atoms with van der Waals surface area (Å²) in [5.41, 5.74) is 7.53. The summed E-state index contributed by atoms with van der Waals surface area (Å²) in [4.78, 5) is 25.1. The number of thioether (sulfide) groups is 1. The third kappa shape index (κ3) is 6.61. The third-order valence-electron chi connectivity index (χ3n) is 6.44. The summed E-state index contributed by atoms with van der Waals surface area (Å²) in [5.74, 6) is -0.765. The molecule has 4 aromatic rings. The second-order valence-electron chi connectivity index (χ2n) is 9.05. The van der Waals surface area contributed by atoms with E-state index < -0.39 is 12.0 Å². The highest BCUT2D eigenvalue weighted by Crippen LogP contribution is 2.30. The fourth-order valence-corrected chi connectivity index (χ4v) is 4.87. The van der Waals surface area contributed by atoms with Gasteiger partial charge < -0.3 is 10.4 Å². The Kier molecular flexibility index (Phi) is 9.17. The number of benzene rings is 4. The summed E-state index contributed by atoms with van der Waals surface area (Å²) in [5, 5.41) is 12.4. The third-order valence-corrected chi connectivity index (χ3v) is 7.08. The highest BCUT2D eigenvalue weighted by atomic mass is 32.2. The number of carboxylic acids is 1. The van der Waals surface area contributed by atoms with Crippen LogP contribution in [0.2, 0.25) is 0 Å². The highest BCUT2D eigenvalue weighted by Gasteiger charge is 2.22. The van der Waals surface area contributed by atoms with E-state index in [1.54, 1.807) is 17.8 Å². The SMILES string of the molecule is CSCCC(NC(=O)c1ccc(/C=C/c2ccccc2-c2ccccc2)cc1-c1ccccc1C)C(=O)O. The van der Waals surface area contributed by atoms with Gasteiger partial charge in [-0.05, 0) is 76.4 Å². The predicted molar refractivity (Wildman–Crippen MR) is 159 cm³/mol. The Labute approximate surface area is 228 Å². The summed E-state index contributed by atoms with van der Waals surface area (Å²) in [6.45, 7) is 2.01. The first-order valence-corrected chi connectivity index (χ1v) is 13.9. The van der Waals surface area contributed by atoms with Crippen molar-refractivity contribution < 1.29 is 14.7 Å². The topological polar surface area (TPSA) is 66.4 Å². The van der Waals surface area contributed by atoms with E-state index in [4.69, 9.17) is 0 Å². The molecule has 192 valence electrons. The van der Waals surface area contributed by atoms with Crippen LogP contribution < -0.4 is 5.32 Å². The minimum atomic E-state index is -1.03. The summed E-state index contributed by atoms with van der Waals surface area (Å²) in [6.07, 6.45) is 6.41. The van der Waals surface area contributed by atoms with Gasteiger partial charge >= 0.3 is 5.97 Å². The molecule has 0 aliphatic carbocycles. The van der Waals surface area contributed by atoms with E-state index in [1.165, 1.54) is 0 Å². The van der Waals surface area contributed by atoms with Crippen LogP contribution in [0.5, 0.6) is 0 Å². The Morgan fingerprint density at radius 2 is 1.53 bits per heavy atom. The predicted octanol–water partition coefficient (Wildman–Crippen LogP) is 7.44. The Bertz CT molecular complexity index is 1450. The van der Waals surface area contributed by atoms with Crippen LogP contribution in [-0.4, -0.2) is 35.0 Å². The molecule has 2 N–H and O–H groups in total. The van der Waals surface area contributed by atoms with Crippen molar-refractivity contribution >= 4 is 35.8 Å². The lowest BCUT2D eigenvalue weighted by atomic mass is 9.93. The lowest BCUT2D eigenvalue weighted by Crippen LogP contribution is -2.41. The number of carboxylic acid groups (broad SMARTS) is 1. The van der Waals surface area contributed by atoms with Gasteiger partial charge in [0.1, 0.15) is 6.04 Å². The van der Waals surface area contributed by atoms with Gasteiger partial charge in [-0.15, -0.1) is 0 Å². The number of nitrogens with one attached hydrogen (secondary N) is 1. The van der Waals surface area contributed by atoms with Crippen LogP contribution >= 0.6 is 11.8 Å². The monoisotopic (exact) mass is 521 g/mol. The summed E-state index contributed by atoms with van der Waals surface area (Å²) < 4.78 is 0. The van der Waals surface area contributed by atoms with Crippen molar-refractivity contribution in [1.82, 2.24) is 5.32 Å². The van der Waals surface area contributed by atoms with Crippen molar-refractivity contribution in [2.75, 3.05) is 12.0 Å². The first-order valence-electron chi connectivity index (χ1n) is 12.5. The molecular weight excluding hydrogens is 490 g/mol. The molecule has 38 heavy (non-hydrogen) atoms. The Morgan fingerprint density at radius 3 is 2.24 bits per heavy atom. The zero-order chi connectivity index (χ0) is 26.9. The van der Waals surface area contributed by atoms with Gasteiger partial charge in [-0.3, -0.25) is 4.79 Å². The van der Waals surface area contributed by atoms with Crippen molar-refractivity contribution in [2.24, 2.45) is 0 Å². The molecule has 5 heteroatoms. The molecule has 1 amide bonds. The van der Waals surface area contributed by atoms with Crippen LogP contribution in [0.1, 0.15) is 33.5 Å². The van der Waals surface area contributed by atoms with E-state index in [0.29, 0.717) is 17.7 Å². The van der Waals surface area contributed by atoms with Gasteiger partial charge in [0.15, 0.2) is 0 Å². The van der Waals surface area contributed by atoms with E-state index in [0.717, 1.165) is 38.9 Å². The van der Waals surface area contributed by atoms with Gasteiger partial charge in [0.2, 0.25) is 0 Å². The number of aliphatic carboxylic acids is 1. The number of carbonyl (C=O) groups is 2. The molecule has 1 atom stereocenters. The molecule has 4 aromatic carbocycles. The number of amides is 1. The number of hydrogen-bond donors (Lipinski definition) is 2. The van der Waals surface area contributed by atoms with Gasteiger partial charge in [-0.1, -0.05) is 97.1 Å². The van der Waals surface area contributed by atoms with Crippen molar-refractivity contribution in [3.8, 4) is 22.3 Å². The molecule has 0 bridgehead atoms. The normalized spacial score (nSPS) is 11.8. The molecule has 0 saturated heterocycles. The second kappa shape index (κ2) is 12.9. The smallest absolute Gasteiger partial charge is 0.326 e. The molecule has 0 heterocycles. The highest BCUT2D eigenvalue weighted by molar-refractivity contribution is 7.98. The molecule has 0 radical (unpaired) electrons. The molecule has 0 aliphatic rings. The van der Waals surface area contributed by atoms with Gasteiger partial charge in [0.05, 0.1) is 0 Å². The second-order valence-corrected chi connectivity index (χ2v) is 10.0. The molecule has 4 nitrogen and oxygen atoms in total. The standard InChI is InChI=1S/C33H31NO3S/c1-23-10-6-8-14-27(23)30-22-24(17-19-29(30)32(35)34-31(33(36)37)20-21-38-2)16-18-26-13-7-9-15-28(26)25-11-4-3-5-12-25/h3-19,22,31H,20-21H2,1-2H3,(H,34,35)(H,36,37)/b18-16+. The van der Waals surface area contributed by atoms with Crippen molar-refractivity contribution in [1.29, 1.82) is 0 Å². The number of carbonyl (C=O) groups excluding carboxylic acids is 1. The Hall–Kier alpha value is -4.09. The molecule has 4 rings (SSSR count). The van der Waals surface area contributed by atoms with Gasteiger partial charge in [0.25, 0.3) is 5.91 Å². The van der Waals surface area contributed by atoms with E-state index in [-0.39, 0.29) is 5.91 Å². The van der Waals surface area contributed by atoms with E-state index in [2.05, 4.69) is 35.7 Å². The van der Waals surface area contributed by atoms with Crippen LogP contribution in [0, 0.1) is 6.92 Å². The number of aryl methyl sites for hydroxylation is 1. The van der Waals surface area contributed by atoms with Crippen LogP contribution in [0.4, 0.5) is 0 Å². The average molecular weight is 522 g/mol. The van der Waals surface area contributed by atoms with Crippen LogP contribution in [0.3, 0.4) is 0 Å². The zero-order valence-electron chi connectivity index (χ0n) is 21.6. The quantitative estimate of drug-likeness (QED) is 0.213.